The van der Waals surface area contributed by atoms with Crippen LogP contribution in [0.25, 0.3) is 22.3 Å². The number of anilines is 1. The lowest BCUT2D eigenvalue weighted by Gasteiger charge is -2.31. The van der Waals surface area contributed by atoms with Crippen LogP contribution in [-0.4, -0.2) is 39.1 Å². The van der Waals surface area contributed by atoms with Gasteiger partial charge in [0, 0.05) is 30.6 Å². The highest BCUT2D eigenvalue weighted by Crippen LogP contribution is 2.28. The number of likely N-dealkylation sites (tertiary alicyclic amines) is 1. The molecule has 2 aromatic carbocycles. The number of carbonyl (C=O) groups excluding carboxylic acids is 1. The van der Waals surface area contributed by atoms with Crippen molar-refractivity contribution in [2.45, 2.75) is 25.7 Å². The molecule has 2 aromatic heterocycles. The highest BCUT2D eigenvalue weighted by molar-refractivity contribution is 5.88. The Morgan fingerprint density at radius 1 is 1.20 bits per heavy atom. The van der Waals surface area contributed by atoms with Crippen molar-refractivity contribution in [3.63, 3.8) is 0 Å². The zero-order valence-electron chi connectivity index (χ0n) is 16.8. The van der Waals surface area contributed by atoms with Crippen LogP contribution in [0.3, 0.4) is 0 Å². The fourth-order valence-electron chi connectivity index (χ4n) is 4.06. The molecule has 5 rings (SSSR count). The Hall–Kier alpha value is -3.61. The Kier molecular flexibility index (Phi) is 4.71. The van der Waals surface area contributed by atoms with Crippen LogP contribution in [0.15, 0.2) is 59.1 Å². The van der Waals surface area contributed by atoms with Crippen LogP contribution in [0.2, 0.25) is 0 Å². The molecule has 4 aromatic rings. The van der Waals surface area contributed by atoms with Crippen LogP contribution in [-0.2, 0) is 0 Å². The monoisotopic (exact) mass is 401 g/mol. The second kappa shape index (κ2) is 7.67. The molecule has 2 N–H and O–H groups in total. The molecule has 0 bridgehead atoms. The molecule has 0 radical (unpaired) electrons. The van der Waals surface area contributed by atoms with Gasteiger partial charge in [-0.3, -0.25) is 5.32 Å². The van der Waals surface area contributed by atoms with Gasteiger partial charge in [0.2, 0.25) is 5.88 Å². The maximum atomic E-state index is 12.8. The van der Waals surface area contributed by atoms with Gasteiger partial charge in [0.1, 0.15) is 11.5 Å². The normalized spacial score (nSPS) is 16.7. The molecule has 0 spiro atoms. The molecule has 2 amide bonds. The molecule has 7 nitrogen and oxygen atoms in total. The lowest BCUT2D eigenvalue weighted by Crippen LogP contribution is -2.41. The molecule has 0 aliphatic carbocycles. The predicted molar refractivity (Wildman–Crippen MR) is 115 cm³/mol. The van der Waals surface area contributed by atoms with Gasteiger partial charge in [-0.1, -0.05) is 41.6 Å². The summed E-state index contributed by atoms with van der Waals surface area (Å²) in [5.74, 6) is 1.48. The SMILES string of the molecule is Cc1ccccc1-c1cc(NC(=O)N2CCC[C@@H](c3nc4ccccc4[nH]3)C2)on1. The number of benzene rings is 2. The van der Waals surface area contributed by atoms with Gasteiger partial charge in [-0.05, 0) is 37.5 Å². The number of carbonyl (C=O) groups is 1. The maximum absolute atomic E-state index is 12.8. The molecule has 0 unspecified atom stereocenters. The molecule has 1 fully saturated rings. The molecule has 0 saturated carbocycles. The predicted octanol–water partition coefficient (Wildman–Crippen LogP) is 4.94. The summed E-state index contributed by atoms with van der Waals surface area (Å²) < 4.78 is 5.36. The first kappa shape index (κ1) is 18.4. The lowest BCUT2D eigenvalue weighted by atomic mass is 9.97. The Bertz CT molecular complexity index is 1160. The molecule has 7 heteroatoms. The molecular formula is C23H23N5O2. The van der Waals surface area contributed by atoms with E-state index in [1.807, 2.05) is 60.4 Å². The lowest BCUT2D eigenvalue weighted by molar-refractivity contribution is 0.190. The Morgan fingerprint density at radius 3 is 2.90 bits per heavy atom. The van der Waals surface area contributed by atoms with Crippen molar-refractivity contribution in [1.82, 2.24) is 20.0 Å². The molecule has 152 valence electrons. The number of hydrogen-bond acceptors (Lipinski definition) is 4. The van der Waals surface area contributed by atoms with Crippen LogP contribution in [0.4, 0.5) is 10.7 Å². The van der Waals surface area contributed by atoms with E-state index in [0.717, 1.165) is 40.8 Å². The summed E-state index contributed by atoms with van der Waals surface area (Å²) in [7, 11) is 0. The maximum Gasteiger partial charge on any atom is 0.324 e. The van der Waals surface area contributed by atoms with Crippen molar-refractivity contribution in [1.29, 1.82) is 0 Å². The summed E-state index contributed by atoms with van der Waals surface area (Å²) in [6, 6.07) is 17.5. The van der Waals surface area contributed by atoms with Crippen LogP contribution >= 0.6 is 0 Å². The van der Waals surface area contributed by atoms with Gasteiger partial charge in [0.05, 0.1) is 11.0 Å². The minimum Gasteiger partial charge on any atom is -0.342 e. The Morgan fingerprint density at radius 2 is 2.03 bits per heavy atom. The topological polar surface area (TPSA) is 87.0 Å². The number of amides is 2. The third kappa shape index (κ3) is 3.54. The summed E-state index contributed by atoms with van der Waals surface area (Å²) in [5.41, 5.74) is 4.79. The van der Waals surface area contributed by atoms with E-state index in [1.165, 1.54) is 0 Å². The first-order chi connectivity index (χ1) is 14.7. The number of rotatable bonds is 3. The number of para-hydroxylation sites is 2. The highest BCUT2D eigenvalue weighted by Gasteiger charge is 2.27. The Balaban J connectivity index is 1.28. The number of nitrogens with one attached hydrogen (secondary N) is 2. The average molecular weight is 401 g/mol. The number of aromatic amines is 1. The average Bonchev–Trinajstić information content (AvgIpc) is 3.41. The first-order valence-corrected chi connectivity index (χ1v) is 10.2. The molecule has 1 aliphatic heterocycles. The third-order valence-electron chi connectivity index (χ3n) is 5.66. The Labute approximate surface area is 174 Å². The minimum atomic E-state index is -0.178. The van der Waals surface area contributed by atoms with Crippen LogP contribution in [0.1, 0.15) is 30.1 Å². The summed E-state index contributed by atoms with van der Waals surface area (Å²) in [6.07, 6.45) is 1.93. The number of hydrogen-bond donors (Lipinski definition) is 2. The standard InChI is InChI=1S/C23H23N5O2/c1-15-7-2-3-9-17(15)20-13-21(30-27-20)26-23(29)28-12-6-8-16(14-28)22-24-18-10-4-5-11-19(18)25-22/h2-5,7,9-11,13,16H,6,8,12,14H2,1H3,(H,24,25)(H,26,29)/t16-/m1/s1. The van der Waals surface area contributed by atoms with E-state index in [9.17, 15) is 4.79 Å². The largest absolute Gasteiger partial charge is 0.342 e. The fraction of sp³-hybridized carbons (Fsp3) is 0.261. The minimum absolute atomic E-state index is 0.178. The third-order valence-corrected chi connectivity index (χ3v) is 5.66. The van der Waals surface area contributed by atoms with Gasteiger partial charge >= 0.3 is 6.03 Å². The van der Waals surface area contributed by atoms with E-state index in [2.05, 4.69) is 15.5 Å². The summed E-state index contributed by atoms with van der Waals surface area (Å²) >= 11 is 0. The zero-order valence-corrected chi connectivity index (χ0v) is 16.8. The van der Waals surface area contributed by atoms with Gasteiger partial charge in [0.25, 0.3) is 0 Å². The van der Waals surface area contributed by atoms with Gasteiger partial charge < -0.3 is 14.4 Å². The molecule has 1 aliphatic rings. The van der Waals surface area contributed by atoms with Crippen molar-refractivity contribution in [3.05, 3.63) is 66.0 Å². The first-order valence-electron chi connectivity index (χ1n) is 10.2. The number of nitrogens with zero attached hydrogens (tertiary/aromatic N) is 3. The van der Waals surface area contributed by atoms with Gasteiger partial charge in [-0.25, -0.2) is 9.78 Å². The number of aromatic nitrogens is 3. The number of H-pyrrole nitrogens is 1. The second-order valence-corrected chi connectivity index (χ2v) is 7.75. The van der Waals surface area contributed by atoms with Crippen LogP contribution < -0.4 is 5.32 Å². The summed E-state index contributed by atoms with van der Waals surface area (Å²) in [4.78, 5) is 22.8. The van der Waals surface area contributed by atoms with E-state index in [1.54, 1.807) is 6.07 Å². The van der Waals surface area contributed by atoms with Gasteiger partial charge in [0.15, 0.2) is 0 Å². The quantitative estimate of drug-likeness (QED) is 0.509. The van der Waals surface area contributed by atoms with Crippen LogP contribution in [0.5, 0.6) is 0 Å². The highest BCUT2D eigenvalue weighted by atomic mass is 16.5. The van der Waals surface area contributed by atoms with Gasteiger partial charge in [-0.2, -0.15) is 0 Å². The van der Waals surface area contributed by atoms with E-state index in [0.29, 0.717) is 24.7 Å². The number of piperidine rings is 1. The van der Waals surface area contributed by atoms with Gasteiger partial charge in [-0.15, -0.1) is 0 Å². The molecule has 3 heterocycles. The number of urea groups is 1. The number of imidazole rings is 1. The second-order valence-electron chi connectivity index (χ2n) is 7.75. The van der Waals surface area contributed by atoms with Crippen molar-refractivity contribution >= 4 is 22.9 Å². The molecular weight excluding hydrogens is 378 g/mol. The van der Waals surface area contributed by atoms with Crippen molar-refractivity contribution < 1.29 is 9.32 Å². The summed E-state index contributed by atoms with van der Waals surface area (Å²) in [6.45, 7) is 3.35. The smallest absolute Gasteiger partial charge is 0.324 e. The van der Waals surface area contributed by atoms with Crippen molar-refractivity contribution in [3.8, 4) is 11.3 Å². The number of aryl methyl sites for hydroxylation is 1. The molecule has 1 saturated heterocycles. The number of fused-ring (bicyclic) bond motifs is 1. The van der Waals surface area contributed by atoms with E-state index < -0.39 is 0 Å². The zero-order chi connectivity index (χ0) is 20.5. The molecule has 30 heavy (non-hydrogen) atoms. The van der Waals surface area contributed by atoms with E-state index in [4.69, 9.17) is 9.51 Å². The van der Waals surface area contributed by atoms with Crippen molar-refractivity contribution in [2.24, 2.45) is 0 Å². The van der Waals surface area contributed by atoms with Crippen molar-refractivity contribution in [2.75, 3.05) is 18.4 Å². The van der Waals surface area contributed by atoms with E-state index >= 15 is 0 Å². The molecule has 1 atom stereocenters. The fourth-order valence-corrected chi connectivity index (χ4v) is 4.06. The summed E-state index contributed by atoms with van der Waals surface area (Å²) in [5, 5.41) is 6.96. The van der Waals surface area contributed by atoms with E-state index in [-0.39, 0.29) is 11.9 Å². The van der Waals surface area contributed by atoms with Crippen LogP contribution in [0, 0.1) is 6.92 Å².